The number of carboxylic acid groups (broad SMARTS) is 1. The Kier molecular flexibility index (Phi) is 4.26. The SMILES string of the molecule is O=C(O)N(c1ccccc1)c1ccc(Cl)c(-c2cccnc2)c1. The van der Waals surface area contributed by atoms with Crippen LogP contribution in [0.3, 0.4) is 0 Å². The van der Waals surface area contributed by atoms with Crippen molar-refractivity contribution in [3.8, 4) is 11.1 Å². The maximum Gasteiger partial charge on any atom is 0.416 e. The number of rotatable bonds is 3. The summed E-state index contributed by atoms with van der Waals surface area (Å²) < 4.78 is 0. The molecule has 4 nitrogen and oxygen atoms in total. The van der Waals surface area contributed by atoms with Crippen molar-refractivity contribution in [3.63, 3.8) is 0 Å². The van der Waals surface area contributed by atoms with Crippen molar-refractivity contribution in [1.29, 1.82) is 0 Å². The summed E-state index contributed by atoms with van der Waals surface area (Å²) in [5.74, 6) is 0. The van der Waals surface area contributed by atoms with E-state index in [-0.39, 0.29) is 0 Å². The van der Waals surface area contributed by atoms with Gasteiger partial charge in [0, 0.05) is 28.5 Å². The van der Waals surface area contributed by atoms with Crippen molar-refractivity contribution in [1.82, 2.24) is 4.98 Å². The monoisotopic (exact) mass is 324 g/mol. The van der Waals surface area contributed by atoms with Crippen molar-refractivity contribution in [2.24, 2.45) is 0 Å². The number of anilines is 2. The molecule has 0 unspecified atom stereocenters. The number of carbonyl (C=O) groups is 1. The lowest BCUT2D eigenvalue weighted by atomic mass is 10.1. The van der Waals surface area contributed by atoms with Gasteiger partial charge < -0.3 is 5.11 Å². The van der Waals surface area contributed by atoms with E-state index in [4.69, 9.17) is 11.6 Å². The molecule has 0 aliphatic rings. The van der Waals surface area contributed by atoms with Crippen molar-refractivity contribution in [3.05, 3.63) is 78.1 Å². The van der Waals surface area contributed by atoms with E-state index in [0.29, 0.717) is 16.4 Å². The highest BCUT2D eigenvalue weighted by Gasteiger charge is 2.18. The Balaban J connectivity index is 2.11. The van der Waals surface area contributed by atoms with Crippen LogP contribution in [0.2, 0.25) is 5.02 Å². The predicted octanol–water partition coefficient (Wildman–Crippen LogP) is 5.22. The Hall–Kier alpha value is -2.85. The number of nitrogens with zero attached hydrogens (tertiary/aromatic N) is 2. The van der Waals surface area contributed by atoms with Crippen LogP contribution in [0.4, 0.5) is 16.2 Å². The summed E-state index contributed by atoms with van der Waals surface area (Å²) in [6.45, 7) is 0. The van der Waals surface area contributed by atoms with Gasteiger partial charge in [0.25, 0.3) is 0 Å². The van der Waals surface area contributed by atoms with Gasteiger partial charge in [-0.25, -0.2) is 9.69 Å². The lowest BCUT2D eigenvalue weighted by Crippen LogP contribution is -2.23. The molecule has 5 heteroatoms. The van der Waals surface area contributed by atoms with Gasteiger partial charge in [0.1, 0.15) is 0 Å². The number of halogens is 1. The zero-order valence-electron chi connectivity index (χ0n) is 12.1. The molecule has 0 fully saturated rings. The van der Waals surface area contributed by atoms with Gasteiger partial charge in [0.05, 0.1) is 11.4 Å². The molecule has 0 atom stereocenters. The fraction of sp³-hybridized carbons (Fsp3) is 0. The van der Waals surface area contributed by atoms with Crippen molar-refractivity contribution < 1.29 is 9.90 Å². The van der Waals surface area contributed by atoms with E-state index in [1.54, 1.807) is 54.9 Å². The molecule has 3 aromatic rings. The molecule has 0 aliphatic carbocycles. The summed E-state index contributed by atoms with van der Waals surface area (Å²) in [6.07, 6.45) is 2.31. The molecular weight excluding hydrogens is 312 g/mol. The predicted molar refractivity (Wildman–Crippen MR) is 91.3 cm³/mol. The maximum atomic E-state index is 11.7. The Morgan fingerprint density at radius 3 is 2.43 bits per heavy atom. The van der Waals surface area contributed by atoms with Crippen LogP contribution in [0.25, 0.3) is 11.1 Å². The second kappa shape index (κ2) is 6.50. The first-order valence-corrected chi connectivity index (χ1v) is 7.32. The standard InChI is InChI=1S/C18H13ClN2O2/c19-17-9-8-15(11-16(17)13-5-4-10-20-12-13)21(18(22)23)14-6-2-1-3-7-14/h1-12H,(H,22,23). The van der Waals surface area contributed by atoms with Gasteiger partial charge in [-0.2, -0.15) is 0 Å². The second-order valence-corrected chi connectivity index (χ2v) is 5.27. The third-order valence-electron chi connectivity index (χ3n) is 3.39. The molecule has 2 aromatic carbocycles. The number of para-hydroxylation sites is 1. The fourth-order valence-corrected chi connectivity index (χ4v) is 2.57. The molecule has 3 rings (SSSR count). The van der Waals surface area contributed by atoms with Crippen LogP contribution >= 0.6 is 11.6 Å². The molecule has 1 N–H and O–H groups in total. The van der Waals surface area contributed by atoms with E-state index in [9.17, 15) is 9.90 Å². The van der Waals surface area contributed by atoms with Crippen molar-refractivity contribution in [2.75, 3.05) is 4.90 Å². The van der Waals surface area contributed by atoms with E-state index < -0.39 is 6.09 Å². The number of hydrogen-bond acceptors (Lipinski definition) is 2. The molecule has 0 saturated heterocycles. The largest absolute Gasteiger partial charge is 0.464 e. The lowest BCUT2D eigenvalue weighted by molar-refractivity contribution is 0.205. The van der Waals surface area contributed by atoms with Crippen molar-refractivity contribution >= 4 is 29.1 Å². The third-order valence-corrected chi connectivity index (χ3v) is 3.72. The molecule has 0 spiro atoms. The summed E-state index contributed by atoms with van der Waals surface area (Å²) in [6, 6.07) is 17.7. The third kappa shape index (κ3) is 3.17. The zero-order valence-corrected chi connectivity index (χ0v) is 12.8. The van der Waals surface area contributed by atoms with E-state index >= 15 is 0 Å². The van der Waals surface area contributed by atoms with E-state index in [0.717, 1.165) is 11.1 Å². The number of pyridine rings is 1. The highest BCUT2D eigenvalue weighted by molar-refractivity contribution is 6.33. The molecule has 0 aliphatic heterocycles. The quantitative estimate of drug-likeness (QED) is 0.718. The van der Waals surface area contributed by atoms with E-state index in [1.807, 2.05) is 18.2 Å². The average Bonchev–Trinajstić information content (AvgIpc) is 2.58. The molecule has 0 bridgehead atoms. The van der Waals surface area contributed by atoms with Gasteiger partial charge in [-0.1, -0.05) is 35.9 Å². The first kappa shape index (κ1) is 15.1. The number of aromatic nitrogens is 1. The van der Waals surface area contributed by atoms with Gasteiger partial charge in [0.2, 0.25) is 0 Å². The van der Waals surface area contributed by atoms with Crippen molar-refractivity contribution in [2.45, 2.75) is 0 Å². The summed E-state index contributed by atoms with van der Waals surface area (Å²) >= 11 is 6.27. The summed E-state index contributed by atoms with van der Waals surface area (Å²) in [5.41, 5.74) is 2.66. The van der Waals surface area contributed by atoms with E-state index in [2.05, 4.69) is 4.98 Å². The topological polar surface area (TPSA) is 53.4 Å². The molecule has 0 radical (unpaired) electrons. The minimum atomic E-state index is -1.06. The molecule has 1 amide bonds. The van der Waals surface area contributed by atoms with Crippen LogP contribution in [0, 0.1) is 0 Å². The first-order chi connectivity index (χ1) is 11.2. The summed E-state index contributed by atoms with van der Waals surface area (Å²) in [5, 5.41) is 10.1. The average molecular weight is 325 g/mol. The molecule has 114 valence electrons. The molecule has 1 heterocycles. The normalized spacial score (nSPS) is 10.3. The molecular formula is C18H13ClN2O2. The molecule has 1 aromatic heterocycles. The highest BCUT2D eigenvalue weighted by Crippen LogP contribution is 2.34. The maximum absolute atomic E-state index is 11.7. The zero-order chi connectivity index (χ0) is 16.2. The summed E-state index contributed by atoms with van der Waals surface area (Å²) in [7, 11) is 0. The van der Waals surface area contributed by atoms with Gasteiger partial charge in [0.15, 0.2) is 0 Å². The fourth-order valence-electron chi connectivity index (χ4n) is 2.34. The van der Waals surface area contributed by atoms with Crippen LogP contribution in [0.1, 0.15) is 0 Å². The minimum absolute atomic E-state index is 0.520. The summed E-state index contributed by atoms with van der Waals surface area (Å²) in [4.78, 5) is 17.0. The Morgan fingerprint density at radius 2 is 1.78 bits per heavy atom. The van der Waals surface area contributed by atoms with Crippen LogP contribution in [0.15, 0.2) is 73.1 Å². The van der Waals surface area contributed by atoms with Crippen LogP contribution in [-0.4, -0.2) is 16.2 Å². The molecule has 23 heavy (non-hydrogen) atoms. The van der Waals surface area contributed by atoms with Gasteiger partial charge in [-0.15, -0.1) is 0 Å². The first-order valence-electron chi connectivity index (χ1n) is 6.95. The smallest absolute Gasteiger partial charge is 0.416 e. The Morgan fingerprint density at radius 1 is 1.00 bits per heavy atom. The highest BCUT2D eigenvalue weighted by atomic mass is 35.5. The van der Waals surface area contributed by atoms with Crippen LogP contribution in [0.5, 0.6) is 0 Å². The number of hydrogen-bond donors (Lipinski definition) is 1. The number of amides is 1. The molecule has 0 saturated carbocycles. The second-order valence-electron chi connectivity index (χ2n) is 4.86. The lowest BCUT2D eigenvalue weighted by Gasteiger charge is -2.20. The minimum Gasteiger partial charge on any atom is -0.464 e. The van der Waals surface area contributed by atoms with Gasteiger partial charge >= 0.3 is 6.09 Å². The Bertz CT molecular complexity index is 823. The van der Waals surface area contributed by atoms with Gasteiger partial charge in [-0.05, 0) is 36.4 Å². The van der Waals surface area contributed by atoms with E-state index in [1.165, 1.54) is 4.90 Å². The van der Waals surface area contributed by atoms with Gasteiger partial charge in [-0.3, -0.25) is 4.98 Å². The van der Waals surface area contributed by atoms with Crippen LogP contribution in [-0.2, 0) is 0 Å². The number of benzene rings is 2. The Labute approximate surface area is 138 Å². The van der Waals surface area contributed by atoms with Crippen LogP contribution < -0.4 is 4.90 Å².